The number of nitrogens with two attached hydrogens (primary N) is 1. The van der Waals surface area contributed by atoms with Crippen LogP contribution in [0.2, 0.25) is 0 Å². The molecule has 0 radical (unpaired) electrons. The smallest absolute Gasteiger partial charge is 0.185 e. The predicted molar refractivity (Wildman–Crippen MR) is 85.5 cm³/mol. The first-order valence-corrected chi connectivity index (χ1v) is 8.61. The topological polar surface area (TPSA) is 88.8 Å². The molecule has 0 aliphatic carbocycles. The molecular weight excluding hydrogens is 354 g/mol. The van der Waals surface area contributed by atoms with E-state index in [2.05, 4.69) is 25.9 Å². The lowest BCUT2D eigenvalue weighted by Crippen LogP contribution is -2.06. The number of nitrogens with zero attached hydrogens (tertiary/aromatic N) is 1. The van der Waals surface area contributed by atoms with Gasteiger partial charge in [-0.05, 0) is 36.4 Å². The summed E-state index contributed by atoms with van der Waals surface area (Å²) in [6.07, 6.45) is 0. The minimum absolute atomic E-state index is 0.183. The number of sulfone groups is 1. The number of aromatic nitrogens is 2. The molecule has 1 heterocycles. The monoisotopic (exact) mass is 365 g/mol. The van der Waals surface area contributed by atoms with Gasteiger partial charge in [0.2, 0.25) is 0 Å². The van der Waals surface area contributed by atoms with E-state index in [0.29, 0.717) is 17.0 Å². The Kier molecular flexibility index (Phi) is 3.46. The Bertz CT molecular complexity index is 919. The molecule has 5 nitrogen and oxygen atoms in total. The third-order valence-corrected chi connectivity index (χ3v) is 5.16. The minimum Gasteiger partial charge on any atom is -0.399 e. The molecule has 0 fully saturated rings. The fraction of sp³-hybridized carbons (Fsp3) is 0.0714. The molecule has 3 aromatic rings. The molecule has 0 saturated heterocycles. The van der Waals surface area contributed by atoms with E-state index in [1.807, 2.05) is 0 Å². The molecule has 0 atom stereocenters. The molecule has 0 amide bonds. The second kappa shape index (κ2) is 5.16. The molecule has 0 aliphatic heterocycles. The molecule has 0 unspecified atom stereocenters. The van der Waals surface area contributed by atoms with Crippen LogP contribution in [-0.2, 0) is 15.6 Å². The number of nitrogen functional groups attached to an aromatic ring is 1. The molecule has 1 aromatic heterocycles. The van der Waals surface area contributed by atoms with Gasteiger partial charge in [-0.25, -0.2) is 13.4 Å². The van der Waals surface area contributed by atoms with Crippen LogP contribution in [0.4, 0.5) is 5.69 Å². The Balaban J connectivity index is 1.97. The number of fused-ring (bicyclic) bond motifs is 1. The summed E-state index contributed by atoms with van der Waals surface area (Å²) in [4.78, 5) is 7.54. The van der Waals surface area contributed by atoms with Crippen LogP contribution in [0.15, 0.2) is 51.8 Å². The molecular formula is C14H12BrN3O2S. The van der Waals surface area contributed by atoms with E-state index in [0.717, 1.165) is 9.99 Å². The van der Waals surface area contributed by atoms with E-state index in [1.54, 1.807) is 42.5 Å². The third-order valence-electron chi connectivity index (χ3n) is 3.04. The second-order valence-corrected chi connectivity index (χ2v) is 7.58. The lowest BCUT2D eigenvalue weighted by Gasteiger charge is -2.02. The maximum absolute atomic E-state index is 12.4. The molecule has 0 bridgehead atoms. The van der Waals surface area contributed by atoms with Crippen molar-refractivity contribution < 1.29 is 8.42 Å². The Morgan fingerprint density at radius 3 is 2.76 bits per heavy atom. The van der Waals surface area contributed by atoms with Crippen molar-refractivity contribution in [2.75, 3.05) is 5.73 Å². The van der Waals surface area contributed by atoms with Crippen LogP contribution in [0.1, 0.15) is 5.82 Å². The molecule has 0 saturated carbocycles. The Morgan fingerprint density at radius 2 is 2.00 bits per heavy atom. The van der Waals surface area contributed by atoms with E-state index in [9.17, 15) is 8.42 Å². The van der Waals surface area contributed by atoms with E-state index in [1.165, 1.54) is 0 Å². The Hall–Kier alpha value is -1.86. The average Bonchev–Trinajstić information content (AvgIpc) is 2.79. The lowest BCUT2D eigenvalue weighted by atomic mass is 10.3. The van der Waals surface area contributed by atoms with Crippen molar-refractivity contribution in [3.05, 3.63) is 52.8 Å². The molecule has 3 N–H and O–H groups in total. The number of halogens is 1. The highest BCUT2D eigenvalue weighted by Gasteiger charge is 2.18. The summed E-state index contributed by atoms with van der Waals surface area (Å²) in [6, 6.07) is 11.8. The molecule has 108 valence electrons. The third kappa shape index (κ3) is 2.93. The number of imidazole rings is 1. The zero-order chi connectivity index (χ0) is 15.0. The highest BCUT2D eigenvalue weighted by molar-refractivity contribution is 9.10. The van der Waals surface area contributed by atoms with Gasteiger partial charge in [0.05, 0.1) is 15.9 Å². The summed E-state index contributed by atoms with van der Waals surface area (Å²) in [5.74, 6) is 0.216. The van der Waals surface area contributed by atoms with Crippen molar-refractivity contribution in [3.8, 4) is 0 Å². The van der Waals surface area contributed by atoms with Gasteiger partial charge >= 0.3 is 0 Å². The van der Waals surface area contributed by atoms with Crippen LogP contribution >= 0.6 is 15.9 Å². The second-order valence-electron chi connectivity index (χ2n) is 4.68. The van der Waals surface area contributed by atoms with Crippen molar-refractivity contribution >= 4 is 42.5 Å². The van der Waals surface area contributed by atoms with E-state index >= 15 is 0 Å². The first-order chi connectivity index (χ1) is 9.94. The summed E-state index contributed by atoms with van der Waals surface area (Å²) in [5.41, 5.74) is 7.73. The van der Waals surface area contributed by atoms with Crippen molar-refractivity contribution in [1.29, 1.82) is 0 Å². The molecule has 0 aliphatic rings. The fourth-order valence-electron chi connectivity index (χ4n) is 2.07. The van der Waals surface area contributed by atoms with Gasteiger partial charge < -0.3 is 10.7 Å². The van der Waals surface area contributed by atoms with Gasteiger partial charge in [-0.1, -0.05) is 22.0 Å². The minimum atomic E-state index is -3.45. The number of anilines is 1. The zero-order valence-corrected chi connectivity index (χ0v) is 13.3. The molecule has 3 rings (SSSR count). The summed E-state index contributed by atoms with van der Waals surface area (Å²) >= 11 is 3.27. The van der Waals surface area contributed by atoms with Crippen LogP contribution in [0.5, 0.6) is 0 Å². The van der Waals surface area contributed by atoms with Crippen molar-refractivity contribution in [1.82, 2.24) is 9.97 Å². The fourth-order valence-corrected chi connectivity index (χ4v) is 3.88. The van der Waals surface area contributed by atoms with Gasteiger partial charge in [-0.2, -0.15) is 0 Å². The van der Waals surface area contributed by atoms with Crippen LogP contribution in [-0.4, -0.2) is 18.4 Å². The summed E-state index contributed by atoms with van der Waals surface area (Å²) < 4.78 is 25.5. The van der Waals surface area contributed by atoms with Crippen LogP contribution in [0.3, 0.4) is 0 Å². The van der Waals surface area contributed by atoms with Crippen molar-refractivity contribution in [2.45, 2.75) is 10.6 Å². The van der Waals surface area contributed by atoms with Crippen LogP contribution < -0.4 is 5.73 Å². The quantitative estimate of drug-likeness (QED) is 0.698. The molecule has 21 heavy (non-hydrogen) atoms. The SMILES string of the molecule is Nc1ccc2nc(CS(=O)(=O)c3cccc(Br)c3)[nH]c2c1. The zero-order valence-electron chi connectivity index (χ0n) is 10.9. The summed E-state index contributed by atoms with van der Waals surface area (Å²) in [5, 5.41) is 0. The molecule has 0 spiro atoms. The number of aromatic amines is 1. The molecule has 7 heteroatoms. The number of nitrogens with one attached hydrogen (secondary N) is 1. The maximum atomic E-state index is 12.4. The number of H-pyrrole nitrogens is 1. The van der Waals surface area contributed by atoms with Crippen molar-refractivity contribution in [3.63, 3.8) is 0 Å². The van der Waals surface area contributed by atoms with E-state index in [-0.39, 0.29) is 10.6 Å². The number of hydrogen-bond acceptors (Lipinski definition) is 4. The largest absolute Gasteiger partial charge is 0.399 e. The first kappa shape index (κ1) is 14.1. The Labute approximate surface area is 130 Å². The Morgan fingerprint density at radius 1 is 1.19 bits per heavy atom. The number of benzene rings is 2. The standard InChI is InChI=1S/C14H12BrN3O2S/c15-9-2-1-3-11(6-9)21(19,20)8-14-17-12-5-4-10(16)7-13(12)18-14/h1-7H,8,16H2,(H,17,18). The predicted octanol–water partition coefficient (Wildman–Crippen LogP) is 2.88. The summed E-state index contributed by atoms with van der Waals surface area (Å²) in [7, 11) is -3.45. The summed E-state index contributed by atoms with van der Waals surface area (Å²) in [6.45, 7) is 0. The average molecular weight is 366 g/mol. The highest BCUT2D eigenvalue weighted by atomic mass is 79.9. The molecule has 2 aromatic carbocycles. The van der Waals surface area contributed by atoms with E-state index < -0.39 is 9.84 Å². The van der Waals surface area contributed by atoms with Crippen LogP contribution in [0, 0.1) is 0 Å². The van der Waals surface area contributed by atoms with Gasteiger partial charge in [0.1, 0.15) is 11.6 Å². The number of hydrogen-bond donors (Lipinski definition) is 2. The first-order valence-electron chi connectivity index (χ1n) is 6.16. The van der Waals surface area contributed by atoms with Crippen LogP contribution in [0.25, 0.3) is 11.0 Å². The maximum Gasteiger partial charge on any atom is 0.185 e. The van der Waals surface area contributed by atoms with Gasteiger partial charge in [0.25, 0.3) is 0 Å². The van der Waals surface area contributed by atoms with Crippen molar-refractivity contribution in [2.24, 2.45) is 0 Å². The van der Waals surface area contributed by atoms with Gasteiger partial charge in [-0.15, -0.1) is 0 Å². The van der Waals surface area contributed by atoms with Gasteiger partial charge in [0.15, 0.2) is 9.84 Å². The van der Waals surface area contributed by atoms with E-state index in [4.69, 9.17) is 5.73 Å². The van der Waals surface area contributed by atoms with Gasteiger partial charge in [-0.3, -0.25) is 0 Å². The highest BCUT2D eigenvalue weighted by Crippen LogP contribution is 2.21. The normalized spacial score (nSPS) is 11.9. The van der Waals surface area contributed by atoms with Gasteiger partial charge in [0, 0.05) is 10.2 Å². The number of rotatable bonds is 3. The lowest BCUT2D eigenvalue weighted by molar-refractivity contribution is 0.594.